The molecule has 0 unspecified atom stereocenters. The van der Waals surface area contributed by atoms with E-state index in [0.29, 0.717) is 22.2 Å². The van der Waals surface area contributed by atoms with E-state index in [-0.39, 0.29) is 4.90 Å². The standard InChI is InChI=1S/C19H14ClN3O3S/c20-15-10-8-14(9-11-15)17-13-18(19-7-4-12-26-19)23(21-17)22-27(24,25)16-5-2-1-3-6-16/h1-13,22H. The summed E-state index contributed by atoms with van der Waals surface area (Å²) in [5.74, 6) is 0.485. The molecule has 4 rings (SSSR count). The minimum absolute atomic E-state index is 0.138. The van der Waals surface area contributed by atoms with Gasteiger partial charge in [-0.3, -0.25) is 0 Å². The summed E-state index contributed by atoms with van der Waals surface area (Å²) < 4.78 is 30.8. The van der Waals surface area contributed by atoms with Gasteiger partial charge in [-0.05, 0) is 42.5 Å². The van der Waals surface area contributed by atoms with Crippen molar-refractivity contribution >= 4 is 21.6 Å². The number of nitrogens with zero attached hydrogens (tertiary/aromatic N) is 2. The molecule has 0 saturated heterocycles. The van der Waals surface area contributed by atoms with Crippen molar-refractivity contribution in [1.82, 2.24) is 9.89 Å². The van der Waals surface area contributed by atoms with Crippen LogP contribution in [0.2, 0.25) is 5.02 Å². The van der Waals surface area contributed by atoms with Crippen LogP contribution in [0.25, 0.3) is 22.7 Å². The summed E-state index contributed by atoms with van der Waals surface area (Å²) in [6.07, 6.45) is 1.51. The van der Waals surface area contributed by atoms with Crippen LogP contribution in [-0.2, 0) is 10.0 Å². The van der Waals surface area contributed by atoms with Crippen LogP contribution in [0.1, 0.15) is 0 Å². The summed E-state index contributed by atoms with van der Waals surface area (Å²) in [5, 5.41) is 5.01. The zero-order chi connectivity index (χ0) is 18.9. The molecular formula is C19H14ClN3O3S. The first-order valence-electron chi connectivity index (χ1n) is 8.01. The molecule has 0 fully saturated rings. The Kier molecular flexibility index (Phi) is 4.47. The van der Waals surface area contributed by atoms with Crippen molar-refractivity contribution in [2.75, 3.05) is 4.83 Å². The molecule has 0 atom stereocenters. The molecule has 136 valence electrons. The van der Waals surface area contributed by atoms with Gasteiger partial charge in [0.1, 0.15) is 5.69 Å². The van der Waals surface area contributed by atoms with Crippen LogP contribution in [0.15, 0.2) is 88.4 Å². The maximum Gasteiger partial charge on any atom is 0.276 e. The summed E-state index contributed by atoms with van der Waals surface area (Å²) in [4.78, 5) is 3.82. The minimum atomic E-state index is -3.81. The van der Waals surface area contributed by atoms with Gasteiger partial charge in [-0.15, -0.1) is 0 Å². The molecule has 2 aromatic carbocycles. The van der Waals surface area contributed by atoms with E-state index in [4.69, 9.17) is 16.0 Å². The zero-order valence-corrected chi connectivity index (χ0v) is 15.5. The summed E-state index contributed by atoms with van der Waals surface area (Å²) in [5.41, 5.74) is 1.85. The van der Waals surface area contributed by atoms with Crippen LogP contribution in [0.5, 0.6) is 0 Å². The summed E-state index contributed by atoms with van der Waals surface area (Å²) >= 11 is 5.94. The fourth-order valence-electron chi connectivity index (χ4n) is 2.58. The highest BCUT2D eigenvalue weighted by atomic mass is 35.5. The van der Waals surface area contributed by atoms with E-state index in [1.54, 1.807) is 48.5 Å². The van der Waals surface area contributed by atoms with Crippen molar-refractivity contribution in [3.8, 4) is 22.7 Å². The lowest BCUT2D eigenvalue weighted by Gasteiger charge is -2.10. The van der Waals surface area contributed by atoms with Crippen LogP contribution in [0, 0.1) is 0 Å². The Morgan fingerprint density at radius 1 is 0.963 bits per heavy atom. The first-order valence-corrected chi connectivity index (χ1v) is 9.87. The fourth-order valence-corrected chi connectivity index (χ4v) is 3.69. The Balaban J connectivity index is 1.78. The summed E-state index contributed by atoms with van der Waals surface area (Å²) in [7, 11) is -3.81. The number of sulfonamides is 1. The predicted octanol–water partition coefficient (Wildman–Crippen LogP) is 4.40. The Hall–Kier alpha value is -3.03. The van der Waals surface area contributed by atoms with Gasteiger partial charge >= 0.3 is 0 Å². The van der Waals surface area contributed by atoms with Gasteiger partial charge in [0.2, 0.25) is 0 Å². The maximum absolute atomic E-state index is 12.7. The average Bonchev–Trinajstić information content (AvgIpc) is 3.32. The van der Waals surface area contributed by atoms with Gasteiger partial charge in [0.15, 0.2) is 5.76 Å². The first kappa shape index (κ1) is 17.4. The average molecular weight is 400 g/mol. The van der Waals surface area contributed by atoms with Gasteiger partial charge in [0, 0.05) is 10.6 Å². The van der Waals surface area contributed by atoms with Crippen LogP contribution < -0.4 is 4.83 Å². The van der Waals surface area contributed by atoms with Crippen molar-refractivity contribution < 1.29 is 12.8 Å². The normalized spacial score (nSPS) is 11.4. The molecule has 4 aromatic rings. The molecule has 0 spiro atoms. The molecular weight excluding hydrogens is 386 g/mol. The van der Waals surface area contributed by atoms with Crippen molar-refractivity contribution in [2.24, 2.45) is 0 Å². The molecule has 2 aromatic heterocycles. The third-order valence-corrected chi connectivity index (χ3v) is 5.44. The monoisotopic (exact) mass is 399 g/mol. The molecule has 0 bridgehead atoms. The van der Waals surface area contributed by atoms with E-state index < -0.39 is 10.0 Å². The van der Waals surface area contributed by atoms with E-state index in [1.165, 1.54) is 23.2 Å². The topological polar surface area (TPSA) is 77.1 Å². The van der Waals surface area contributed by atoms with Crippen LogP contribution in [-0.4, -0.2) is 18.3 Å². The van der Waals surface area contributed by atoms with Crippen LogP contribution >= 0.6 is 11.6 Å². The molecule has 0 radical (unpaired) electrons. The minimum Gasteiger partial charge on any atom is -0.463 e. The van der Waals surface area contributed by atoms with Gasteiger partial charge in [-0.25, -0.2) is 0 Å². The number of hydrogen-bond acceptors (Lipinski definition) is 4. The van der Waals surface area contributed by atoms with E-state index in [1.807, 2.05) is 12.1 Å². The van der Waals surface area contributed by atoms with Crippen molar-refractivity contribution in [1.29, 1.82) is 0 Å². The molecule has 0 aliphatic carbocycles. The fraction of sp³-hybridized carbons (Fsp3) is 0. The van der Waals surface area contributed by atoms with Crippen molar-refractivity contribution in [3.05, 3.63) is 84.1 Å². The number of rotatable bonds is 5. The molecule has 0 aliphatic heterocycles. The Bertz CT molecular complexity index is 1150. The van der Waals surface area contributed by atoms with E-state index in [2.05, 4.69) is 9.93 Å². The molecule has 0 amide bonds. The lowest BCUT2D eigenvalue weighted by molar-refractivity contribution is 0.572. The number of nitrogens with one attached hydrogen (secondary N) is 1. The second-order valence-electron chi connectivity index (χ2n) is 5.72. The molecule has 0 aliphatic rings. The van der Waals surface area contributed by atoms with Gasteiger partial charge in [-0.2, -0.15) is 23.1 Å². The van der Waals surface area contributed by atoms with E-state index in [9.17, 15) is 8.42 Å². The zero-order valence-electron chi connectivity index (χ0n) is 13.9. The van der Waals surface area contributed by atoms with Crippen molar-refractivity contribution in [3.63, 3.8) is 0 Å². The number of hydrogen-bond donors (Lipinski definition) is 1. The quantitative estimate of drug-likeness (QED) is 0.539. The Labute approximate surface area is 161 Å². The molecule has 1 N–H and O–H groups in total. The third kappa shape index (κ3) is 3.60. The van der Waals surface area contributed by atoms with Gasteiger partial charge < -0.3 is 4.42 Å². The number of benzene rings is 2. The highest BCUT2D eigenvalue weighted by Crippen LogP contribution is 2.27. The second-order valence-corrected chi connectivity index (χ2v) is 7.82. The number of aromatic nitrogens is 2. The molecule has 0 saturated carbocycles. The molecule has 27 heavy (non-hydrogen) atoms. The van der Waals surface area contributed by atoms with Gasteiger partial charge in [0.25, 0.3) is 10.0 Å². The Morgan fingerprint density at radius 3 is 2.37 bits per heavy atom. The number of halogens is 1. The van der Waals surface area contributed by atoms with Crippen LogP contribution in [0.4, 0.5) is 0 Å². The maximum atomic E-state index is 12.7. The smallest absolute Gasteiger partial charge is 0.276 e. The lowest BCUT2D eigenvalue weighted by atomic mass is 10.1. The molecule has 8 heteroatoms. The van der Waals surface area contributed by atoms with Gasteiger partial charge in [-0.1, -0.05) is 41.9 Å². The molecule has 2 heterocycles. The Morgan fingerprint density at radius 2 is 1.70 bits per heavy atom. The van der Waals surface area contributed by atoms with Crippen LogP contribution in [0.3, 0.4) is 0 Å². The van der Waals surface area contributed by atoms with Gasteiger partial charge in [0.05, 0.1) is 16.9 Å². The van der Waals surface area contributed by atoms with E-state index >= 15 is 0 Å². The molecule has 6 nitrogen and oxygen atoms in total. The highest BCUT2D eigenvalue weighted by Gasteiger charge is 2.19. The van der Waals surface area contributed by atoms with Crippen molar-refractivity contribution in [2.45, 2.75) is 4.90 Å². The summed E-state index contributed by atoms with van der Waals surface area (Å²) in [6.45, 7) is 0. The second kappa shape index (κ2) is 6.94. The largest absolute Gasteiger partial charge is 0.463 e. The van der Waals surface area contributed by atoms with E-state index in [0.717, 1.165) is 5.56 Å². The summed E-state index contributed by atoms with van der Waals surface area (Å²) in [6, 6.07) is 20.4. The first-order chi connectivity index (χ1) is 13.0. The highest BCUT2D eigenvalue weighted by molar-refractivity contribution is 7.92. The number of furan rings is 1. The SMILES string of the molecule is O=S(=O)(Nn1nc(-c2ccc(Cl)cc2)cc1-c1ccco1)c1ccccc1. The predicted molar refractivity (Wildman–Crippen MR) is 103 cm³/mol. The third-order valence-electron chi connectivity index (χ3n) is 3.88. The lowest BCUT2D eigenvalue weighted by Crippen LogP contribution is -2.25.